The predicted molar refractivity (Wildman–Crippen MR) is 123 cm³/mol. The molecule has 0 amide bonds. The first-order chi connectivity index (χ1) is 15.6. The maximum atomic E-state index is 6.15. The number of benzene rings is 1. The minimum absolute atomic E-state index is 0.0163. The van der Waals surface area contributed by atoms with Crippen LogP contribution in [0.5, 0.6) is 5.75 Å². The number of ether oxygens (including phenoxy) is 1. The number of fused-ring (bicyclic) bond motifs is 1. The molecule has 1 aliphatic carbocycles. The van der Waals surface area contributed by atoms with Gasteiger partial charge in [-0.1, -0.05) is 0 Å². The lowest BCUT2D eigenvalue weighted by Gasteiger charge is -2.36. The SMILES string of the molecule is Cn1cc(N2CCN(c3cc(-c4n[nH]c5ccc(OC6(C)CC6)cc45)ncn3)CC2)cn1. The number of anilines is 2. The molecule has 4 heterocycles. The molecule has 9 heteroatoms. The molecule has 3 aromatic heterocycles. The molecule has 1 saturated heterocycles. The Hall–Kier alpha value is -3.62. The van der Waals surface area contributed by atoms with Gasteiger partial charge in [0.15, 0.2) is 0 Å². The standard InChI is InChI=1S/C23H26N8O/c1-23(5-6-23)32-17-3-4-19-18(11-17)22(28-27-19)20-12-21(25-15-24-20)31-9-7-30(8-10-31)16-13-26-29(2)14-16/h3-4,11-15H,5-10H2,1-2H3,(H,27,28). The molecule has 2 fully saturated rings. The summed E-state index contributed by atoms with van der Waals surface area (Å²) < 4.78 is 8.00. The first-order valence-electron chi connectivity index (χ1n) is 11.0. The van der Waals surface area contributed by atoms with Crippen molar-refractivity contribution in [3.8, 4) is 17.1 Å². The number of aryl methyl sites for hydroxylation is 1. The summed E-state index contributed by atoms with van der Waals surface area (Å²) in [5.41, 5.74) is 3.75. The van der Waals surface area contributed by atoms with Gasteiger partial charge in [0.2, 0.25) is 0 Å². The molecule has 1 aliphatic heterocycles. The number of nitrogens with one attached hydrogen (secondary N) is 1. The van der Waals surface area contributed by atoms with Gasteiger partial charge in [0.25, 0.3) is 0 Å². The highest BCUT2D eigenvalue weighted by Crippen LogP contribution is 2.40. The van der Waals surface area contributed by atoms with E-state index in [-0.39, 0.29) is 5.60 Å². The lowest BCUT2D eigenvalue weighted by Crippen LogP contribution is -2.46. The molecule has 0 atom stereocenters. The number of nitrogens with zero attached hydrogens (tertiary/aromatic N) is 7. The molecule has 1 aromatic carbocycles. The van der Waals surface area contributed by atoms with Gasteiger partial charge in [-0.2, -0.15) is 10.2 Å². The van der Waals surface area contributed by atoms with E-state index >= 15 is 0 Å². The fraction of sp³-hybridized carbons (Fsp3) is 0.391. The smallest absolute Gasteiger partial charge is 0.132 e. The van der Waals surface area contributed by atoms with Crippen LogP contribution in [0.25, 0.3) is 22.3 Å². The Bertz CT molecular complexity index is 1270. The second kappa shape index (κ2) is 7.22. The van der Waals surface area contributed by atoms with Crippen molar-refractivity contribution in [3.05, 3.63) is 43.0 Å². The summed E-state index contributed by atoms with van der Waals surface area (Å²) in [5, 5.41) is 13.0. The van der Waals surface area contributed by atoms with Crippen molar-refractivity contribution in [3.63, 3.8) is 0 Å². The summed E-state index contributed by atoms with van der Waals surface area (Å²) in [4.78, 5) is 13.7. The van der Waals surface area contributed by atoms with Gasteiger partial charge in [0.1, 0.15) is 29.2 Å². The van der Waals surface area contributed by atoms with Crippen LogP contribution in [0.15, 0.2) is 43.0 Å². The average molecular weight is 431 g/mol. The van der Waals surface area contributed by atoms with Crippen LogP contribution in [0.3, 0.4) is 0 Å². The van der Waals surface area contributed by atoms with Crippen LogP contribution >= 0.6 is 0 Å². The van der Waals surface area contributed by atoms with Crippen LogP contribution in [0.2, 0.25) is 0 Å². The van der Waals surface area contributed by atoms with E-state index in [0.29, 0.717) is 0 Å². The van der Waals surface area contributed by atoms with Crippen LogP contribution in [0.1, 0.15) is 19.8 Å². The van der Waals surface area contributed by atoms with Crippen molar-refractivity contribution < 1.29 is 4.74 Å². The Morgan fingerprint density at radius 1 is 1.03 bits per heavy atom. The third-order valence-electron chi connectivity index (χ3n) is 6.41. The average Bonchev–Trinajstić information content (AvgIpc) is 3.19. The lowest BCUT2D eigenvalue weighted by atomic mass is 10.1. The van der Waals surface area contributed by atoms with E-state index in [2.05, 4.69) is 54.3 Å². The Balaban J connectivity index is 1.23. The van der Waals surface area contributed by atoms with Gasteiger partial charge in [0, 0.05) is 50.9 Å². The van der Waals surface area contributed by atoms with Gasteiger partial charge in [-0.25, -0.2) is 9.97 Å². The largest absolute Gasteiger partial charge is 0.488 e. The molecule has 0 radical (unpaired) electrons. The van der Waals surface area contributed by atoms with Crippen LogP contribution in [-0.4, -0.2) is 61.7 Å². The first kappa shape index (κ1) is 19.1. The third-order valence-corrected chi connectivity index (χ3v) is 6.41. The summed E-state index contributed by atoms with van der Waals surface area (Å²) in [5.74, 6) is 1.80. The second-order valence-electron chi connectivity index (χ2n) is 8.94. The van der Waals surface area contributed by atoms with Gasteiger partial charge < -0.3 is 14.5 Å². The zero-order valence-electron chi connectivity index (χ0n) is 18.3. The normalized spacial score (nSPS) is 17.7. The van der Waals surface area contributed by atoms with Crippen molar-refractivity contribution in [1.29, 1.82) is 0 Å². The Morgan fingerprint density at radius 2 is 1.84 bits per heavy atom. The minimum atomic E-state index is -0.0163. The minimum Gasteiger partial charge on any atom is -0.488 e. The molecular weight excluding hydrogens is 404 g/mol. The summed E-state index contributed by atoms with van der Waals surface area (Å²) in [7, 11) is 1.95. The number of rotatable bonds is 5. The molecule has 0 unspecified atom stereocenters. The van der Waals surface area contributed by atoms with E-state index < -0.39 is 0 Å². The Labute approximate surface area is 186 Å². The fourth-order valence-electron chi connectivity index (χ4n) is 4.23. The van der Waals surface area contributed by atoms with Crippen molar-refractivity contribution in [2.24, 2.45) is 7.05 Å². The fourth-order valence-corrected chi connectivity index (χ4v) is 4.23. The van der Waals surface area contributed by atoms with E-state index in [1.54, 1.807) is 6.33 Å². The van der Waals surface area contributed by atoms with Gasteiger partial charge in [0.05, 0.1) is 23.1 Å². The van der Waals surface area contributed by atoms with Gasteiger partial charge in [-0.05, 0) is 38.0 Å². The number of H-pyrrole nitrogens is 1. The van der Waals surface area contributed by atoms with Crippen LogP contribution in [-0.2, 0) is 7.05 Å². The number of aromatic nitrogens is 6. The van der Waals surface area contributed by atoms with E-state index in [4.69, 9.17) is 4.74 Å². The molecule has 1 N–H and O–H groups in total. The Morgan fingerprint density at radius 3 is 2.59 bits per heavy atom. The summed E-state index contributed by atoms with van der Waals surface area (Å²) in [6, 6.07) is 8.12. The van der Waals surface area contributed by atoms with Crippen molar-refractivity contribution in [1.82, 2.24) is 29.9 Å². The zero-order valence-corrected chi connectivity index (χ0v) is 18.3. The highest BCUT2D eigenvalue weighted by atomic mass is 16.5. The van der Waals surface area contributed by atoms with E-state index in [0.717, 1.165) is 78.6 Å². The van der Waals surface area contributed by atoms with E-state index in [1.807, 2.05) is 36.1 Å². The molecule has 0 bridgehead atoms. The number of aromatic amines is 1. The first-order valence-corrected chi connectivity index (χ1v) is 11.0. The molecule has 0 spiro atoms. The molecule has 9 nitrogen and oxygen atoms in total. The van der Waals surface area contributed by atoms with Gasteiger partial charge >= 0.3 is 0 Å². The molecule has 4 aromatic rings. The highest BCUT2D eigenvalue weighted by Gasteiger charge is 2.40. The highest BCUT2D eigenvalue weighted by molar-refractivity contribution is 5.93. The van der Waals surface area contributed by atoms with Gasteiger partial charge in [-0.3, -0.25) is 9.78 Å². The van der Waals surface area contributed by atoms with E-state index in [1.165, 1.54) is 0 Å². The number of hydrogen-bond acceptors (Lipinski definition) is 7. The number of piperazine rings is 1. The molecule has 164 valence electrons. The molecule has 6 rings (SSSR count). The summed E-state index contributed by atoms with van der Waals surface area (Å²) >= 11 is 0. The summed E-state index contributed by atoms with van der Waals surface area (Å²) in [6.07, 6.45) is 7.81. The topological polar surface area (TPSA) is 88.0 Å². The quantitative estimate of drug-likeness (QED) is 0.521. The zero-order chi connectivity index (χ0) is 21.7. The van der Waals surface area contributed by atoms with Crippen molar-refractivity contribution in [2.45, 2.75) is 25.4 Å². The predicted octanol–water partition coefficient (Wildman–Crippen LogP) is 3.01. The van der Waals surface area contributed by atoms with Crippen LogP contribution in [0.4, 0.5) is 11.5 Å². The lowest BCUT2D eigenvalue weighted by molar-refractivity contribution is 0.200. The maximum Gasteiger partial charge on any atom is 0.132 e. The monoisotopic (exact) mass is 430 g/mol. The Kier molecular flexibility index (Phi) is 4.31. The van der Waals surface area contributed by atoms with Crippen molar-refractivity contribution in [2.75, 3.05) is 36.0 Å². The van der Waals surface area contributed by atoms with Crippen LogP contribution < -0.4 is 14.5 Å². The third kappa shape index (κ3) is 3.53. The second-order valence-corrected chi connectivity index (χ2v) is 8.94. The number of hydrogen-bond donors (Lipinski definition) is 1. The molecule has 1 saturated carbocycles. The molecular formula is C23H26N8O. The van der Waals surface area contributed by atoms with E-state index in [9.17, 15) is 0 Å². The maximum absolute atomic E-state index is 6.15. The van der Waals surface area contributed by atoms with Gasteiger partial charge in [-0.15, -0.1) is 0 Å². The van der Waals surface area contributed by atoms with Crippen LogP contribution in [0, 0.1) is 0 Å². The molecule has 32 heavy (non-hydrogen) atoms. The summed E-state index contributed by atoms with van der Waals surface area (Å²) in [6.45, 7) is 5.79. The van der Waals surface area contributed by atoms with Crippen molar-refractivity contribution >= 4 is 22.4 Å². The molecule has 2 aliphatic rings.